The van der Waals surface area contributed by atoms with Crippen molar-refractivity contribution < 1.29 is 26.2 Å². The zero-order valence-corrected chi connectivity index (χ0v) is 17.4. The van der Waals surface area contributed by atoms with E-state index in [1.54, 1.807) is 0 Å². The van der Waals surface area contributed by atoms with Gasteiger partial charge in [-0.2, -0.15) is 23.3 Å². The Morgan fingerprint density at radius 3 is 1.24 bits per heavy atom. The van der Waals surface area contributed by atoms with E-state index in [0.717, 1.165) is 25.7 Å². The molecule has 0 saturated heterocycles. The SMILES string of the molecule is CCC1=[C-]CC=C1CC.CCC1=[C-]CC=C1CC.[CH3-].[CH3-].[Zr+4]. The standard InChI is InChI=1S/2C9H13.2CH3.Zr/c2*1-3-8-6-5-7-9(8)4-2;;;/h2*6H,3-5H2,1-2H3;2*1H3;/q4*-1;+4. The Morgan fingerprint density at radius 2 is 1.05 bits per heavy atom. The van der Waals surface area contributed by atoms with Gasteiger partial charge in [-0.05, 0) is 0 Å². The van der Waals surface area contributed by atoms with E-state index in [9.17, 15) is 0 Å². The molecule has 0 aromatic rings. The molecule has 2 rings (SSSR count). The molecule has 2 aliphatic carbocycles. The number of allylic oxidation sites excluding steroid dienone is 8. The molecule has 0 aromatic carbocycles. The number of hydrogen-bond donors (Lipinski definition) is 0. The zero-order chi connectivity index (χ0) is 13.4. The average molecular weight is 364 g/mol. The summed E-state index contributed by atoms with van der Waals surface area (Å²) in [6.07, 6.45) is 18.0. The molecule has 0 unspecified atom stereocenters. The van der Waals surface area contributed by atoms with Crippen LogP contribution in [-0.2, 0) is 26.2 Å². The van der Waals surface area contributed by atoms with Gasteiger partial charge in [-0.15, -0.1) is 12.8 Å². The predicted octanol–water partition coefficient (Wildman–Crippen LogP) is 6.63. The molecule has 0 aromatic heterocycles. The predicted molar refractivity (Wildman–Crippen MR) is 92.9 cm³/mol. The Balaban J connectivity index is -0.000000270. The molecule has 0 radical (unpaired) electrons. The minimum Gasteiger partial charge on any atom is -0.358 e. The summed E-state index contributed by atoms with van der Waals surface area (Å²) >= 11 is 0. The van der Waals surface area contributed by atoms with Gasteiger partial charge in [0.15, 0.2) is 0 Å². The van der Waals surface area contributed by atoms with Crippen molar-refractivity contribution in [2.24, 2.45) is 0 Å². The third-order valence-corrected chi connectivity index (χ3v) is 3.57. The van der Waals surface area contributed by atoms with Crippen LogP contribution in [0.15, 0.2) is 34.4 Å². The average Bonchev–Trinajstić information content (AvgIpc) is 3.06. The van der Waals surface area contributed by atoms with Gasteiger partial charge in [-0.3, -0.25) is 12.2 Å². The fourth-order valence-corrected chi connectivity index (χ4v) is 2.49. The normalized spacial score (nSPS) is 15.0. The fourth-order valence-electron chi connectivity index (χ4n) is 2.49. The van der Waals surface area contributed by atoms with E-state index in [1.165, 1.54) is 35.1 Å². The van der Waals surface area contributed by atoms with E-state index in [1.807, 2.05) is 0 Å². The van der Waals surface area contributed by atoms with Gasteiger partial charge in [-0.1, -0.05) is 53.4 Å². The molecule has 0 fully saturated rings. The van der Waals surface area contributed by atoms with Gasteiger partial charge < -0.3 is 14.9 Å². The van der Waals surface area contributed by atoms with Crippen LogP contribution in [0.25, 0.3) is 0 Å². The van der Waals surface area contributed by atoms with E-state index in [-0.39, 0.29) is 41.1 Å². The van der Waals surface area contributed by atoms with Crippen LogP contribution in [0.4, 0.5) is 0 Å². The Bertz CT molecular complexity index is 307. The molecule has 0 nitrogen and oxygen atoms in total. The van der Waals surface area contributed by atoms with E-state index >= 15 is 0 Å². The van der Waals surface area contributed by atoms with Crippen LogP contribution in [0.3, 0.4) is 0 Å². The van der Waals surface area contributed by atoms with Crippen molar-refractivity contribution in [2.75, 3.05) is 0 Å². The van der Waals surface area contributed by atoms with Gasteiger partial charge >= 0.3 is 26.2 Å². The molecular formula is C20H32Zr. The van der Waals surface area contributed by atoms with Gasteiger partial charge in [-0.25, -0.2) is 11.1 Å². The summed E-state index contributed by atoms with van der Waals surface area (Å²) in [6.45, 7) is 8.79. The summed E-state index contributed by atoms with van der Waals surface area (Å²) < 4.78 is 0. The third kappa shape index (κ3) is 8.15. The van der Waals surface area contributed by atoms with Gasteiger partial charge in [0.25, 0.3) is 0 Å². The molecule has 0 bridgehead atoms. The first-order chi connectivity index (χ1) is 8.76. The van der Waals surface area contributed by atoms with Gasteiger partial charge in [0, 0.05) is 0 Å². The van der Waals surface area contributed by atoms with Crippen LogP contribution in [-0.4, -0.2) is 0 Å². The summed E-state index contributed by atoms with van der Waals surface area (Å²) in [5.74, 6) is 0. The van der Waals surface area contributed by atoms with Gasteiger partial charge in [0.1, 0.15) is 0 Å². The van der Waals surface area contributed by atoms with Crippen molar-refractivity contribution in [1.82, 2.24) is 0 Å². The molecule has 0 atom stereocenters. The van der Waals surface area contributed by atoms with Crippen molar-refractivity contribution in [3.8, 4) is 0 Å². The summed E-state index contributed by atoms with van der Waals surface area (Å²) in [6, 6.07) is 0. The number of hydrogen-bond acceptors (Lipinski definition) is 0. The van der Waals surface area contributed by atoms with E-state index in [4.69, 9.17) is 0 Å². The second-order valence-corrected chi connectivity index (χ2v) is 4.59. The minimum absolute atomic E-state index is 0. The summed E-state index contributed by atoms with van der Waals surface area (Å²) in [5.41, 5.74) is 5.91. The van der Waals surface area contributed by atoms with Crippen LogP contribution < -0.4 is 0 Å². The molecule has 0 N–H and O–H groups in total. The maximum absolute atomic E-state index is 3.33. The van der Waals surface area contributed by atoms with E-state index in [0.29, 0.717) is 0 Å². The second-order valence-electron chi connectivity index (χ2n) is 4.59. The van der Waals surface area contributed by atoms with Crippen molar-refractivity contribution in [2.45, 2.75) is 66.2 Å². The van der Waals surface area contributed by atoms with Crippen LogP contribution in [0.1, 0.15) is 66.2 Å². The fraction of sp³-hybridized carbons (Fsp3) is 0.500. The quantitative estimate of drug-likeness (QED) is 0.492. The maximum Gasteiger partial charge on any atom is 4.00 e. The topological polar surface area (TPSA) is 0 Å². The van der Waals surface area contributed by atoms with Crippen molar-refractivity contribution in [1.29, 1.82) is 0 Å². The monoisotopic (exact) mass is 362 g/mol. The van der Waals surface area contributed by atoms with Crippen LogP contribution in [0.2, 0.25) is 0 Å². The molecule has 0 amide bonds. The molecule has 1 heteroatoms. The number of rotatable bonds is 4. The Labute approximate surface area is 153 Å². The van der Waals surface area contributed by atoms with Gasteiger partial charge in [0.05, 0.1) is 0 Å². The second kappa shape index (κ2) is 14.8. The maximum atomic E-state index is 3.33. The van der Waals surface area contributed by atoms with Crippen LogP contribution in [0, 0.1) is 27.0 Å². The molecule has 0 aliphatic heterocycles. The zero-order valence-electron chi connectivity index (χ0n) is 14.9. The molecule has 0 heterocycles. The first-order valence-electron chi connectivity index (χ1n) is 7.34. The molecule has 21 heavy (non-hydrogen) atoms. The van der Waals surface area contributed by atoms with Crippen molar-refractivity contribution >= 4 is 0 Å². The van der Waals surface area contributed by atoms with Crippen LogP contribution >= 0.6 is 0 Å². The largest absolute Gasteiger partial charge is 4.00 e. The summed E-state index contributed by atoms with van der Waals surface area (Å²) in [4.78, 5) is 0. The van der Waals surface area contributed by atoms with E-state index in [2.05, 4.69) is 52.0 Å². The first-order valence-corrected chi connectivity index (χ1v) is 7.34. The van der Waals surface area contributed by atoms with Crippen molar-refractivity contribution in [3.05, 3.63) is 61.4 Å². The first kappa shape index (κ1) is 25.8. The third-order valence-electron chi connectivity index (χ3n) is 3.57. The van der Waals surface area contributed by atoms with Crippen molar-refractivity contribution in [3.63, 3.8) is 0 Å². The smallest absolute Gasteiger partial charge is 0.358 e. The Morgan fingerprint density at radius 1 is 0.714 bits per heavy atom. The van der Waals surface area contributed by atoms with Gasteiger partial charge in [0.2, 0.25) is 0 Å². The van der Waals surface area contributed by atoms with Crippen LogP contribution in [0.5, 0.6) is 0 Å². The Hall–Kier alpha value is -0.157. The molecule has 0 spiro atoms. The summed E-state index contributed by atoms with van der Waals surface area (Å²) in [7, 11) is 0. The molecule has 0 saturated carbocycles. The molecule has 116 valence electrons. The minimum atomic E-state index is 0. The molecule has 2 aliphatic rings. The Kier molecular flexibility index (Phi) is 18.1. The van der Waals surface area contributed by atoms with E-state index < -0.39 is 0 Å². The molecular weight excluding hydrogens is 331 g/mol. The summed E-state index contributed by atoms with van der Waals surface area (Å²) in [5, 5.41) is 0.